The highest BCUT2D eigenvalue weighted by molar-refractivity contribution is 5.90. The predicted octanol–water partition coefficient (Wildman–Crippen LogP) is 2.03. The Balaban J connectivity index is 1.87. The Kier molecular flexibility index (Phi) is 4.33. The molecule has 0 saturated heterocycles. The van der Waals surface area contributed by atoms with Gasteiger partial charge in [0.25, 0.3) is 0 Å². The smallest absolute Gasteiger partial charge is 0.224 e. The third kappa shape index (κ3) is 3.31. The fourth-order valence-corrected chi connectivity index (χ4v) is 1.97. The van der Waals surface area contributed by atoms with Gasteiger partial charge in [0.15, 0.2) is 0 Å². The summed E-state index contributed by atoms with van der Waals surface area (Å²) in [4.78, 5) is 11.7. The number of nitrogens with one attached hydrogen (secondary N) is 1. The van der Waals surface area contributed by atoms with E-state index in [0.717, 1.165) is 12.1 Å². The molecule has 1 aromatic carbocycles. The van der Waals surface area contributed by atoms with E-state index in [9.17, 15) is 4.79 Å². The van der Waals surface area contributed by atoms with Crippen LogP contribution in [0.3, 0.4) is 0 Å². The van der Waals surface area contributed by atoms with Gasteiger partial charge in [0.2, 0.25) is 5.91 Å². The van der Waals surface area contributed by atoms with Crippen molar-refractivity contribution in [3.63, 3.8) is 0 Å². The Morgan fingerprint density at radius 1 is 1.44 bits per heavy atom. The number of fused-ring (bicyclic) bond motifs is 1. The fourth-order valence-electron chi connectivity index (χ4n) is 1.97. The minimum Gasteiger partial charge on any atom is -0.372 e. The molecule has 1 unspecified atom stereocenters. The first-order valence-corrected chi connectivity index (χ1v) is 6.38. The number of anilines is 1. The van der Waals surface area contributed by atoms with Crippen LogP contribution in [0.15, 0.2) is 18.2 Å². The largest absolute Gasteiger partial charge is 0.372 e. The van der Waals surface area contributed by atoms with Crippen LogP contribution in [0.2, 0.25) is 0 Å². The summed E-state index contributed by atoms with van der Waals surface area (Å²) in [5, 5.41) is 2.92. The Morgan fingerprint density at radius 2 is 2.22 bits per heavy atom. The van der Waals surface area contributed by atoms with Gasteiger partial charge in [0.1, 0.15) is 0 Å². The molecule has 0 spiro atoms. The molecular formula is C14H20N2O2. The minimum atomic E-state index is 0.0502. The molecular weight excluding hydrogens is 228 g/mol. The molecule has 0 saturated carbocycles. The van der Waals surface area contributed by atoms with E-state index in [4.69, 9.17) is 10.5 Å². The van der Waals surface area contributed by atoms with Crippen LogP contribution in [-0.4, -0.2) is 12.5 Å². The average Bonchev–Trinajstić information content (AvgIpc) is 2.83. The highest BCUT2D eigenvalue weighted by Crippen LogP contribution is 2.23. The average molecular weight is 248 g/mol. The van der Waals surface area contributed by atoms with Crippen LogP contribution in [0.5, 0.6) is 0 Å². The summed E-state index contributed by atoms with van der Waals surface area (Å²) in [6.07, 6.45) is 1.35. The molecule has 1 aliphatic heterocycles. The zero-order valence-corrected chi connectivity index (χ0v) is 10.7. The molecule has 1 aliphatic rings. The molecule has 1 heterocycles. The predicted molar refractivity (Wildman–Crippen MR) is 71.0 cm³/mol. The number of ether oxygens (including phenoxy) is 1. The van der Waals surface area contributed by atoms with Crippen molar-refractivity contribution in [3.8, 4) is 0 Å². The Hall–Kier alpha value is -1.39. The van der Waals surface area contributed by atoms with E-state index >= 15 is 0 Å². The number of hydrogen-bond acceptors (Lipinski definition) is 3. The number of carbonyl (C=O) groups excluding carboxylic acids is 1. The summed E-state index contributed by atoms with van der Waals surface area (Å²) >= 11 is 0. The summed E-state index contributed by atoms with van der Waals surface area (Å²) in [6.45, 7) is 4.00. The van der Waals surface area contributed by atoms with Gasteiger partial charge in [-0.15, -0.1) is 0 Å². The molecule has 0 bridgehead atoms. The Labute approximate surface area is 108 Å². The van der Waals surface area contributed by atoms with Crippen molar-refractivity contribution < 1.29 is 9.53 Å². The zero-order chi connectivity index (χ0) is 13.0. The number of carbonyl (C=O) groups is 1. The maximum Gasteiger partial charge on any atom is 0.224 e. The first kappa shape index (κ1) is 13.1. The van der Waals surface area contributed by atoms with E-state index in [0.29, 0.717) is 32.1 Å². The van der Waals surface area contributed by atoms with Gasteiger partial charge in [-0.3, -0.25) is 4.79 Å². The lowest BCUT2D eigenvalue weighted by atomic mass is 10.1. The van der Waals surface area contributed by atoms with Gasteiger partial charge in [0, 0.05) is 12.1 Å². The van der Waals surface area contributed by atoms with Crippen LogP contribution < -0.4 is 11.1 Å². The van der Waals surface area contributed by atoms with Gasteiger partial charge >= 0.3 is 0 Å². The quantitative estimate of drug-likeness (QED) is 0.838. The topological polar surface area (TPSA) is 64.4 Å². The van der Waals surface area contributed by atoms with Crippen molar-refractivity contribution in [2.75, 3.05) is 11.9 Å². The first-order valence-electron chi connectivity index (χ1n) is 6.38. The van der Waals surface area contributed by atoms with Crippen molar-refractivity contribution in [1.29, 1.82) is 0 Å². The molecule has 18 heavy (non-hydrogen) atoms. The normalized spacial score (nSPS) is 15.2. The molecule has 3 N–H and O–H groups in total. The lowest BCUT2D eigenvalue weighted by molar-refractivity contribution is -0.116. The van der Waals surface area contributed by atoms with Crippen LogP contribution in [0, 0.1) is 5.92 Å². The SMILES string of the molecule is CC(CN)CCC(=O)Nc1ccc2c(c1)COC2. The number of rotatable bonds is 5. The van der Waals surface area contributed by atoms with E-state index in [2.05, 4.69) is 12.2 Å². The molecule has 2 rings (SSSR count). The highest BCUT2D eigenvalue weighted by Gasteiger charge is 2.12. The monoisotopic (exact) mass is 248 g/mol. The van der Waals surface area contributed by atoms with Gasteiger partial charge < -0.3 is 15.8 Å². The highest BCUT2D eigenvalue weighted by atomic mass is 16.5. The molecule has 98 valence electrons. The molecule has 0 fully saturated rings. The van der Waals surface area contributed by atoms with Crippen LogP contribution in [0.25, 0.3) is 0 Å². The van der Waals surface area contributed by atoms with E-state index in [-0.39, 0.29) is 5.91 Å². The first-order chi connectivity index (χ1) is 8.69. The summed E-state index contributed by atoms with van der Waals surface area (Å²) in [5.41, 5.74) is 8.76. The Morgan fingerprint density at radius 3 is 3.00 bits per heavy atom. The molecule has 0 aromatic heterocycles. The molecule has 1 aromatic rings. The molecule has 4 nitrogen and oxygen atoms in total. The molecule has 1 atom stereocenters. The molecule has 1 amide bonds. The van der Waals surface area contributed by atoms with Crippen LogP contribution in [0.1, 0.15) is 30.9 Å². The fraction of sp³-hybridized carbons (Fsp3) is 0.500. The van der Waals surface area contributed by atoms with Gasteiger partial charge in [-0.25, -0.2) is 0 Å². The summed E-state index contributed by atoms with van der Waals surface area (Å²) in [6, 6.07) is 5.94. The minimum absolute atomic E-state index is 0.0502. The standard InChI is InChI=1S/C14H20N2O2/c1-10(7-15)2-5-14(17)16-13-4-3-11-8-18-9-12(11)6-13/h3-4,6,10H,2,5,7-9,15H2,1H3,(H,16,17). The van der Waals surface area contributed by atoms with Crippen molar-refractivity contribution in [2.24, 2.45) is 11.7 Å². The van der Waals surface area contributed by atoms with E-state index < -0.39 is 0 Å². The molecule has 0 radical (unpaired) electrons. The second-order valence-electron chi connectivity index (χ2n) is 4.90. The summed E-state index contributed by atoms with van der Waals surface area (Å²) in [5.74, 6) is 0.443. The maximum absolute atomic E-state index is 11.7. The van der Waals surface area contributed by atoms with Gasteiger partial charge in [-0.05, 0) is 42.1 Å². The van der Waals surface area contributed by atoms with Gasteiger partial charge in [-0.1, -0.05) is 13.0 Å². The van der Waals surface area contributed by atoms with Crippen molar-refractivity contribution in [1.82, 2.24) is 0 Å². The molecule has 4 heteroatoms. The number of benzene rings is 1. The Bertz CT molecular complexity index is 432. The van der Waals surface area contributed by atoms with Gasteiger partial charge in [0.05, 0.1) is 13.2 Å². The maximum atomic E-state index is 11.7. The number of amides is 1. The lowest BCUT2D eigenvalue weighted by Crippen LogP contribution is -2.16. The second-order valence-corrected chi connectivity index (χ2v) is 4.90. The summed E-state index contributed by atoms with van der Waals surface area (Å²) < 4.78 is 5.34. The third-order valence-electron chi connectivity index (χ3n) is 3.27. The van der Waals surface area contributed by atoms with Crippen LogP contribution >= 0.6 is 0 Å². The zero-order valence-electron chi connectivity index (χ0n) is 10.7. The lowest BCUT2D eigenvalue weighted by Gasteiger charge is -2.09. The van der Waals surface area contributed by atoms with E-state index in [1.165, 1.54) is 11.1 Å². The van der Waals surface area contributed by atoms with Crippen molar-refractivity contribution in [2.45, 2.75) is 33.0 Å². The summed E-state index contributed by atoms with van der Waals surface area (Å²) in [7, 11) is 0. The third-order valence-corrected chi connectivity index (χ3v) is 3.27. The van der Waals surface area contributed by atoms with E-state index in [1.54, 1.807) is 0 Å². The number of hydrogen-bond donors (Lipinski definition) is 2. The van der Waals surface area contributed by atoms with E-state index in [1.807, 2.05) is 18.2 Å². The number of nitrogens with two attached hydrogens (primary N) is 1. The van der Waals surface area contributed by atoms with Crippen molar-refractivity contribution >= 4 is 11.6 Å². The van der Waals surface area contributed by atoms with Crippen molar-refractivity contribution in [3.05, 3.63) is 29.3 Å². The molecule has 0 aliphatic carbocycles. The van der Waals surface area contributed by atoms with Crippen LogP contribution in [0.4, 0.5) is 5.69 Å². The second kappa shape index (κ2) is 5.98. The van der Waals surface area contributed by atoms with Crippen LogP contribution in [-0.2, 0) is 22.7 Å². The van der Waals surface area contributed by atoms with Gasteiger partial charge in [-0.2, -0.15) is 0 Å².